The molecule has 0 aliphatic carbocycles. The van der Waals surface area contributed by atoms with Gasteiger partial charge in [0.2, 0.25) is 5.91 Å². The van der Waals surface area contributed by atoms with Crippen molar-refractivity contribution < 1.29 is 14.0 Å². The number of nitrogens with zero attached hydrogens (tertiary/aromatic N) is 3. The highest BCUT2D eigenvalue weighted by Gasteiger charge is 2.33. The zero-order valence-corrected chi connectivity index (χ0v) is 20.6. The maximum absolute atomic E-state index is 13.6. The van der Waals surface area contributed by atoms with Crippen molar-refractivity contribution in [1.82, 2.24) is 19.8 Å². The van der Waals surface area contributed by atoms with E-state index in [0.29, 0.717) is 24.6 Å². The standard InChI is InChI=1S/C27H28N4O3S/c1-19(2)21-10-12-22(13-11-21)25(26(32)28-15-14-20-7-4-3-5-8-20)31(17-23-9-6-16-34-23)27(33)24-18-35-30-29-24/h3-13,16,18-19,25H,14-15,17H2,1-2H3,(H,28,32). The van der Waals surface area contributed by atoms with Gasteiger partial charge in [0.05, 0.1) is 12.8 Å². The summed E-state index contributed by atoms with van der Waals surface area (Å²) >= 11 is 1.09. The Morgan fingerprint density at radius 1 is 1.00 bits per heavy atom. The second-order valence-electron chi connectivity index (χ2n) is 8.55. The van der Waals surface area contributed by atoms with Crippen molar-refractivity contribution in [2.45, 2.75) is 38.8 Å². The van der Waals surface area contributed by atoms with Gasteiger partial charge in [-0.25, -0.2) is 0 Å². The summed E-state index contributed by atoms with van der Waals surface area (Å²) in [6.07, 6.45) is 2.24. The summed E-state index contributed by atoms with van der Waals surface area (Å²) in [6.45, 7) is 4.80. The van der Waals surface area contributed by atoms with Crippen LogP contribution in [0.4, 0.5) is 0 Å². The molecule has 7 nitrogen and oxygen atoms in total. The van der Waals surface area contributed by atoms with Crippen LogP contribution in [0.5, 0.6) is 0 Å². The number of rotatable bonds is 10. The van der Waals surface area contributed by atoms with E-state index in [4.69, 9.17) is 4.42 Å². The minimum absolute atomic E-state index is 0.117. The molecule has 4 aromatic rings. The molecule has 0 aliphatic heterocycles. The fourth-order valence-corrected chi connectivity index (χ4v) is 4.29. The van der Waals surface area contributed by atoms with E-state index in [1.54, 1.807) is 23.8 Å². The van der Waals surface area contributed by atoms with Crippen LogP contribution in [0.1, 0.15) is 58.7 Å². The molecule has 0 radical (unpaired) electrons. The van der Waals surface area contributed by atoms with E-state index < -0.39 is 6.04 Å². The average molecular weight is 489 g/mol. The van der Waals surface area contributed by atoms with Crippen LogP contribution >= 0.6 is 11.5 Å². The molecule has 8 heteroatoms. The van der Waals surface area contributed by atoms with Gasteiger partial charge in [0.25, 0.3) is 5.91 Å². The number of nitrogens with one attached hydrogen (secondary N) is 1. The Labute approximate surface area is 209 Å². The second kappa shape index (κ2) is 11.6. The number of furan rings is 1. The molecule has 0 saturated carbocycles. The minimum atomic E-state index is -0.869. The lowest BCUT2D eigenvalue weighted by Gasteiger charge is -2.30. The predicted molar refractivity (Wildman–Crippen MR) is 135 cm³/mol. The molecule has 2 aromatic carbocycles. The van der Waals surface area contributed by atoms with Gasteiger partial charge in [-0.1, -0.05) is 72.9 Å². The number of hydrogen-bond donors (Lipinski definition) is 1. The molecule has 2 aromatic heterocycles. The van der Waals surface area contributed by atoms with Crippen LogP contribution in [-0.4, -0.2) is 32.8 Å². The van der Waals surface area contributed by atoms with Crippen LogP contribution in [0, 0.1) is 0 Å². The van der Waals surface area contributed by atoms with Gasteiger partial charge in [0, 0.05) is 11.9 Å². The Morgan fingerprint density at radius 2 is 1.74 bits per heavy atom. The maximum atomic E-state index is 13.6. The van der Waals surface area contributed by atoms with E-state index in [-0.39, 0.29) is 24.1 Å². The molecule has 1 unspecified atom stereocenters. The Kier molecular flexibility index (Phi) is 8.05. The molecule has 2 amide bonds. The zero-order valence-electron chi connectivity index (χ0n) is 19.8. The lowest BCUT2D eigenvalue weighted by atomic mass is 9.97. The summed E-state index contributed by atoms with van der Waals surface area (Å²) in [7, 11) is 0. The van der Waals surface area contributed by atoms with Gasteiger partial charge in [-0.2, -0.15) is 0 Å². The summed E-state index contributed by atoms with van der Waals surface area (Å²) < 4.78 is 9.36. The molecule has 0 aliphatic rings. The first-order valence-corrected chi connectivity index (χ1v) is 12.4. The first kappa shape index (κ1) is 24.3. The van der Waals surface area contributed by atoms with Crippen molar-refractivity contribution in [3.05, 3.63) is 107 Å². The summed E-state index contributed by atoms with van der Waals surface area (Å²) in [5.74, 6) is 0.277. The smallest absolute Gasteiger partial charge is 0.276 e. The molecule has 4 rings (SSSR count). The second-order valence-corrected chi connectivity index (χ2v) is 9.16. The van der Waals surface area contributed by atoms with Crippen LogP contribution in [0.3, 0.4) is 0 Å². The highest BCUT2D eigenvalue weighted by Crippen LogP contribution is 2.27. The van der Waals surface area contributed by atoms with Gasteiger partial charge < -0.3 is 14.6 Å². The Balaban J connectivity index is 1.65. The summed E-state index contributed by atoms with van der Waals surface area (Å²) in [4.78, 5) is 28.7. The van der Waals surface area contributed by atoms with Crippen LogP contribution in [0.2, 0.25) is 0 Å². The number of benzene rings is 2. The monoisotopic (exact) mass is 488 g/mol. The summed E-state index contributed by atoms with van der Waals surface area (Å²) in [5, 5.41) is 8.57. The van der Waals surface area contributed by atoms with Crippen molar-refractivity contribution in [1.29, 1.82) is 0 Å². The Bertz CT molecular complexity index is 1210. The molecule has 180 valence electrons. The number of amides is 2. The SMILES string of the molecule is CC(C)c1ccc(C(C(=O)NCCc2ccccc2)N(Cc2ccco2)C(=O)c2csnn2)cc1. The third kappa shape index (κ3) is 6.22. The summed E-state index contributed by atoms with van der Waals surface area (Å²) in [5.41, 5.74) is 3.20. The fourth-order valence-electron chi connectivity index (χ4n) is 3.86. The fraction of sp³-hybridized carbons (Fsp3) is 0.259. The zero-order chi connectivity index (χ0) is 24.6. The first-order chi connectivity index (χ1) is 17.0. The maximum Gasteiger partial charge on any atom is 0.276 e. The van der Waals surface area contributed by atoms with Crippen molar-refractivity contribution in [2.24, 2.45) is 0 Å². The molecule has 0 fully saturated rings. The first-order valence-electron chi connectivity index (χ1n) is 11.5. The third-order valence-corrected chi connectivity index (χ3v) is 6.29. The lowest BCUT2D eigenvalue weighted by molar-refractivity contribution is -0.126. The molecule has 1 N–H and O–H groups in total. The van der Waals surface area contributed by atoms with Crippen molar-refractivity contribution in [3.8, 4) is 0 Å². The normalized spacial score (nSPS) is 11.9. The van der Waals surface area contributed by atoms with Gasteiger partial charge in [-0.3, -0.25) is 9.59 Å². The van der Waals surface area contributed by atoms with Gasteiger partial charge in [0.15, 0.2) is 5.69 Å². The number of carbonyl (C=O) groups excluding carboxylic acids is 2. The van der Waals surface area contributed by atoms with Crippen LogP contribution in [-0.2, 0) is 17.8 Å². The average Bonchev–Trinajstić information content (AvgIpc) is 3.59. The van der Waals surface area contributed by atoms with Gasteiger partial charge in [-0.15, -0.1) is 5.10 Å². The number of aromatic nitrogens is 2. The van der Waals surface area contributed by atoms with E-state index >= 15 is 0 Å². The van der Waals surface area contributed by atoms with E-state index in [1.165, 1.54) is 4.90 Å². The minimum Gasteiger partial charge on any atom is -0.467 e. The van der Waals surface area contributed by atoms with E-state index in [2.05, 4.69) is 28.8 Å². The van der Waals surface area contributed by atoms with Gasteiger partial charge >= 0.3 is 0 Å². The highest BCUT2D eigenvalue weighted by atomic mass is 32.1. The Morgan fingerprint density at radius 3 is 2.37 bits per heavy atom. The molecule has 0 spiro atoms. The highest BCUT2D eigenvalue weighted by molar-refractivity contribution is 7.03. The number of hydrogen-bond acceptors (Lipinski definition) is 6. The molecule has 1 atom stereocenters. The molecule has 0 saturated heterocycles. The number of carbonyl (C=O) groups is 2. The molecular formula is C27H28N4O3S. The van der Waals surface area contributed by atoms with Gasteiger partial charge in [0.1, 0.15) is 11.8 Å². The molecular weight excluding hydrogens is 460 g/mol. The predicted octanol–water partition coefficient (Wildman–Crippen LogP) is 5.00. The molecule has 0 bridgehead atoms. The Hall–Kier alpha value is -3.78. The van der Waals surface area contributed by atoms with Crippen molar-refractivity contribution in [2.75, 3.05) is 6.54 Å². The third-order valence-electron chi connectivity index (χ3n) is 5.78. The lowest BCUT2D eigenvalue weighted by Crippen LogP contribution is -2.44. The van der Waals surface area contributed by atoms with E-state index in [9.17, 15) is 9.59 Å². The molecule has 35 heavy (non-hydrogen) atoms. The topological polar surface area (TPSA) is 88.3 Å². The molecule has 2 heterocycles. The van der Waals surface area contributed by atoms with Crippen molar-refractivity contribution in [3.63, 3.8) is 0 Å². The van der Waals surface area contributed by atoms with Gasteiger partial charge in [-0.05, 0) is 52.7 Å². The van der Waals surface area contributed by atoms with Crippen molar-refractivity contribution >= 4 is 23.3 Å². The largest absolute Gasteiger partial charge is 0.467 e. The van der Waals surface area contributed by atoms with Crippen LogP contribution in [0.25, 0.3) is 0 Å². The summed E-state index contributed by atoms with van der Waals surface area (Å²) in [6, 6.07) is 20.5. The van der Waals surface area contributed by atoms with Crippen LogP contribution in [0.15, 0.2) is 82.8 Å². The van der Waals surface area contributed by atoms with E-state index in [1.807, 2.05) is 54.6 Å². The van der Waals surface area contributed by atoms with E-state index in [0.717, 1.165) is 28.2 Å². The van der Waals surface area contributed by atoms with Crippen LogP contribution < -0.4 is 5.32 Å². The quantitative estimate of drug-likeness (QED) is 0.339.